The molecule has 1 fully saturated rings. The van der Waals surface area contributed by atoms with Crippen LogP contribution in [0.5, 0.6) is 0 Å². The number of anilines is 1. The van der Waals surface area contributed by atoms with Crippen LogP contribution in [0.25, 0.3) is 0 Å². The summed E-state index contributed by atoms with van der Waals surface area (Å²) in [4.78, 5) is -0.148. The first-order valence-electron chi connectivity index (χ1n) is 6.57. The van der Waals surface area contributed by atoms with Gasteiger partial charge in [0.2, 0.25) is 10.0 Å². The molecule has 1 saturated heterocycles. The molecule has 0 radical (unpaired) electrons. The first-order chi connectivity index (χ1) is 9.77. The third-order valence-corrected chi connectivity index (χ3v) is 5.66. The molecule has 0 spiro atoms. The molecule has 118 valence electrons. The van der Waals surface area contributed by atoms with Crippen molar-refractivity contribution in [2.24, 2.45) is 0 Å². The van der Waals surface area contributed by atoms with E-state index in [9.17, 15) is 12.8 Å². The molecule has 2 unspecified atom stereocenters. The molecule has 1 heterocycles. The summed E-state index contributed by atoms with van der Waals surface area (Å²) in [7, 11) is -3.91. The number of hydrogen-bond acceptors (Lipinski definition) is 5. The topological polar surface area (TPSA) is 92.9 Å². The van der Waals surface area contributed by atoms with Gasteiger partial charge in [-0.3, -0.25) is 0 Å². The average molecular weight is 318 g/mol. The zero-order chi connectivity index (χ0) is 15.8. The molecule has 1 aromatic rings. The minimum Gasteiger partial charge on any atom is -0.399 e. The highest BCUT2D eigenvalue weighted by atomic mass is 32.2. The van der Waals surface area contributed by atoms with Gasteiger partial charge in [0, 0.05) is 23.8 Å². The van der Waals surface area contributed by atoms with Crippen LogP contribution in [0.3, 0.4) is 0 Å². The van der Waals surface area contributed by atoms with Gasteiger partial charge in [-0.25, -0.2) is 12.8 Å². The molecule has 0 amide bonds. The van der Waals surface area contributed by atoms with Crippen LogP contribution in [0.4, 0.5) is 10.1 Å². The minimum absolute atomic E-state index is 0.0237. The Kier molecular flexibility index (Phi) is 4.52. The van der Waals surface area contributed by atoms with E-state index in [2.05, 4.69) is 0 Å². The predicted molar refractivity (Wildman–Crippen MR) is 75.7 cm³/mol. The second-order valence-corrected chi connectivity index (χ2v) is 7.05. The predicted octanol–water partition coefficient (Wildman–Crippen LogP) is 0.487. The highest BCUT2D eigenvalue weighted by molar-refractivity contribution is 7.89. The smallest absolute Gasteiger partial charge is 0.243 e. The van der Waals surface area contributed by atoms with Crippen molar-refractivity contribution in [1.82, 2.24) is 4.31 Å². The van der Waals surface area contributed by atoms with Gasteiger partial charge in [-0.2, -0.15) is 4.31 Å². The van der Waals surface area contributed by atoms with Crippen LogP contribution in [0.2, 0.25) is 0 Å². The van der Waals surface area contributed by atoms with E-state index in [0.717, 1.165) is 6.07 Å². The van der Waals surface area contributed by atoms with E-state index < -0.39 is 28.0 Å². The summed E-state index contributed by atoms with van der Waals surface area (Å²) >= 11 is 0. The number of nitrogen functional groups attached to an aromatic ring is 1. The SMILES string of the molecule is Cc1c(F)cc(N)cc1S(=O)(=O)N1CC(CO)OCC1C. The fourth-order valence-corrected chi connectivity index (χ4v) is 4.22. The molecule has 2 rings (SSSR count). The summed E-state index contributed by atoms with van der Waals surface area (Å²) in [5.41, 5.74) is 5.64. The fourth-order valence-electron chi connectivity index (χ4n) is 2.31. The van der Waals surface area contributed by atoms with Gasteiger partial charge in [0.1, 0.15) is 5.82 Å². The maximum Gasteiger partial charge on any atom is 0.243 e. The van der Waals surface area contributed by atoms with E-state index in [-0.39, 0.29) is 35.9 Å². The number of nitrogens with two attached hydrogens (primary N) is 1. The quantitative estimate of drug-likeness (QED) is 0.791. The number of hydrogen-bond donors (Lipinski definition) is 2. The molecule has 21 heavy (non-hydrogen) atoms. The zero-order valence-electron chi connectivity index (χ0n) is 11.9. The molecule has 2 atom stereocenters. The number of benzene rings is 1. The molecule has 0 saturated carbocycles. The Morgan fingerprint density at radius 1 is 1.52 bits per heavy atom. The lowest BCUT2D eigenvalue weighted by Crippen LogP contribution is -2.52. The van der Waals surface area contributed by atoms with Gasteiger partial charge >= 0.3 is 0 Å². The van der Waals surface area contributed by atoms with Crippen molar-refractivity contribution in [3.05, 3.63) is 23.5 Å². The van der Waals surface area contributed by atoms with Crippen molar-refractivity contribution in [3.8, 4) is 0 Å². The monoisotopic (exact) mass is 318 g/mol. The maximum atomic E-state index is 13.7. The van der Waals surface area contributed by atoms with Gasteiger partial charge < -0.3 is 15.6 Å². The van der Waals surface area contributed by atoms with E-state index in [1.165, 1.54) is 17.3 Å². The van der Waals surface area contributed by atoms with Crippen molar-refractivity contribution in [1.29, 1.82) is 0 Å². The van der Waals surface area contributed by atoms with Crippen molar-refractivity contribution in [2.45, 2.75) is 30.9 Å². The highest BCUT2D eigenvalue weighted by Crippen LogP contribution is 2.28. The lowest BCUT2D eigenvalue weighted by molar-refractivity contribution is -0.0516. The molecule has 8 heteroatoms. The second kappa shape index (κ2) is 5.88. The van der Waals surface area contributed by atoms with Gasteiger partial charge in [0.25, 0.3) is 0 Å². The second-order valence-electron chi connectivity index (χ2n) is 5.19. The van der Waals surface area contributed by atoms with Crippen molar-refractivity contribution in [2.75, 3.05) is 25.5 Å². The number of aliphatic hydroxyl groups is 1. The molecule has 0 bridgehead atoms. The van der Waals surface area contributed by atoms with E-state index in [1.54, 1.807) is 6.92 Å². The van der Waals surface area contributed by atoms with E-state index in [0.29, 0.717) is 0 Å². The molecule has 0 aromatic heterocycles. The third-order valence-electron chi connectivity index (χ3n) is 3.56. The van der Waals surface area contributed by atoms with Crippen LogP contribution in [-0.4, -0.2) is 49.7 Å². The van der Waals surface area contributed by atoms with Gasteiger partial charge in [-0.05, 0) is 26.0 Å². The number of ether oxygens (including phenoxy) is 1. The van der Waals surface area contributed by atoms with Gasteiger partial charge in [-0.1, -0.05) is 0 Å². The lowest BCUT2D eigenvalue weighted by Gasteiger charge is -2.36. The Morgan fingerprint density at radius 2 is 2.19 bits per heavy atom. The molecule has 6 nitrogen and oxygen atoms in total. The largest absolute Gasteiger partial charge is 0.399 e. The van der Waals surface area contributed by atoms with E-state index in [4.69, 9.17) is 15.6 Å². The molecular weight excluding hydrogens is 299 g/mol. The minimum atomic E-state index is -3.91. The Bertz CT molecular complexity index is 635. The summed E-state index contributed by atoms with van der Waals surface area (Å²) in [5.74, 6) is -0.659. The Labute approximate surface area is 123 Å². The standard InChI is InChI=1S/C13H19FN2O4S/c1-8-7-20-11(6-17)5-16(8)21(18,19)13-4-10(15)3-12(14)9(13)2/h3-4,8,11,17H,5-7,15H2,1-2H3. The number of sulfonamides is 1. The Morgan fingerprint density at radius 3 is 2.81 bits per heavy atom. The van der Waals surface area contributed by atoms with Crippen LogP contribution in [-0.2, 0) is 14.8 Å². The number of aliphatic hydroxyl groups excluding tert-OH is 1. The van der Waals surface area contributed by atoms with Crippen molar-refractivity contribution in [3.63, 3.8) is 0 Å². The average Bonchev–Trinajstić information content (AvgIpc) is 2.43. The number of halogens is 1. The first-order valence-corrected chi connectivity index (χ1v) is 8.01. The fraction of sp³-hybridized carbons (Fsp3) is 0.538. The van der Waals surface area contributed by atoms with Crippen LogP contribution < -0.4 is 5.73 Å². The third kappa shape index (κ3) is 3.03. The summed E-state index contributed by atoms with van der Waals surface area (Å²) in [6.07, 6.45) is -0.581. The van der Waals surface area contributed by atoms with E-state index in [1.807, 2.05) is 0 Å². The van der Waals surface area contributed by atoms with Crippen LogP contribution in [0.1, 0.15) is 12.5 Å². The Hall–Kier alpha value is -1.22. The summed E-state index contributed by atoms with van der Waals surface area (Å²) in [5, 5.41) is 9.15. The van der Waals surface area contributed by atoms with Crippen LogP contribution >= 0.6 is 0 Å². The van der Waals surface area contributed by atoms with E-state index >= 15 is 0 Å². The normalized spacial score (nSPS) is 24.2. The van der Waals surface area contributed by atoms with Gasteiger partial charge in [-0.15, -0.1) is 0 Å². The van der Waals surface area contributed by atoms with Gasteiger partial charge in [0.15, 0.2) is 0 Å². The highest BCUT2D eigenvalue weighted by Gasteiger charge is 2.36. The lowest BCUT2D eigenvalue weighted by atomic mass is 10.2. The molecular formula is C13H19FN2O4S. The number of nitrogens with zero attached hydrogens (tertiary/aromatic N) is 1. The Balaban J connectivity index is 2.46. The van der Waals surface area contributed by atoms with Crippen molar-refractivity contribution >= 4 is 15.7 Å². The van der Waals surface area contributed by atoms with Gasteiger partial charge in [0.05, 0.1) is 24.2 Å². The zero-order valence-corrected chi connectivity index (χ0v) is 12.7. The summed E-state index contributed by atoms with van der Waals surface area (Å²) in [6, 6.07) is 1.94. The van der Waals surface area contributed by atoms with Crippen molar-refractivity contribution < 1.29 is 22.7 Å². The number of rotatable bonds is 3. The molecule has 1 aliphatic heterocycles. The first kappa shape index (κ1) is 16.2. The summed E-state index contributed by atoms with van der Waals surface area (Å²) < 4.78 is 45.8. The summed E-state index contributed by atoms with van der Waals surface area (Å²) in [6.45, 7) is 3.02. The maximum absolute atomic E-state index is 13.7. The molecule has 1 aromatic carbocycles. The van der Waals surface area contributed by atoms with Crippen LogP contribution in [0, 0.1) is 12.7 Å². The molecule has 1 aliphatic rings. The number of morpholine rings is 1. The molecule has 0 aliphatic carbocycles. The van der Waals surface area contributed by atoms with Crippen LogP contribution in [0.15, 0.2) is 17.0 Å². The molecule has 3 N–H and O–H groups in total.